The molecular weight excluding hydrogens is 240 g/mol. The zero-order chi connectivity index (χ0) is 13.7. The molecule has 0 amide bonds. The molecule has 19 heavy (non-hydrogen) atoms. The summed E-state index contributed by atoms with van der Waals surface area (Å²) in [4.78, 5) is 12.2. The number of terminal acetylenes is 1. The van der Waals surface area contributed by atoms with E-state index in [-0.39, 0.29) is 23.7 Å². The van der Waals surface area contributed by atoms with E-state index in [4.69, 9.17) is 11.2 Å². The van der Waals surface area contributed by atoms with Gasteiger partial charge in [0.05, 0.1) is 5.56 Å². The van der Waals surface area contributed by atoms with Crippen LogP contribution in [-0.4, -0.2) is 17.5 Å². The highest BCUT2D eigenvalue weighted by molar-refractivity contribution is 6.10. The van der Waals surface area contributed by atoms with Crippen LogP contribution >= 0.6 is 0 Å². The predicted molar refractivity (Wildman–Crippen MR) is 72.3 cm³/mol. The van der Waals surface area contributed by atoms with Gasteiger partial charge >= 0.3 is 0 Å². The van der Waals surface area contributed by atoms with Gasteiger partial charge in [0.2, 0.25) is 0 Å². The van der Waals surface area contributed by atoms with Gasteiger partial charge in [-0.1, -0.05) is 36.3 Å². The number of hydrogen-bond donors (Lipinski definition) is 1. The molecule has 0 aliphatic heterocycles. The monoisotopic (exact) mass is 252 g/mol. The normalized spacial score (nSPS) is 9.63. The van der Waals surface area contributed by atoms with E-state index in [1.807, 2.05) is 6.07 Å². The Morgan fingerprint density at radius 3 is 2.58 bits per heavy atom. The van der Waals surface area contributed by atoms with E-state index in [2.05, 4.69) is 5.92 Å². The molecule has 0 bridgehead atoms. The maximum absolute atomic E-state index is 12.2. The fraction of sp³-hybridized carbons (Fsp3) is 0.0625. The molecule has 0 saturated heterocycles. The lowest BCUT2D eigenvalue weighted by molar-refractivity contribution is 0.103. The number of hydrogen-bond acceptors (Lipinski definition) is 3. The Hall–Kier alpha value is -2.73. The second-order valence-electron chi connectivity index (χ2n) is 3.87. The minimum absolute atomic E-state index is 0.116. The maximum Gasteiger partial charge on any atom is 0.196 e. The first kappa shape index (κ1) is 12.7. The summed E-state index contributed by atoms with van der Waals surface area (Å²) in [6.07, 6.45) is 5.08. The lowest BCUT2D eigenvalue weighted by Crippen LogP contribution is -2.02. The highest BCUT2D eigenvalue weighted by atomic mass is 16.5. The van der Waals surface area contributed by atoms with Crippen molar-refractivity contribution in [3.8, 4) is 23.8 Å². The van der Waals surface area contributed by atoms with Crippen LogP contribution in [0.2, 0.25) is 0 Å². The maximum atomic E-state index is 12.2. The predicted octanol–water partition coefficient (Wildman–Crippen LogP) is 2.64. The van der Waals surface area contributed by atoms with Gasteiger partial charge in [-0.3, -0.25) is 4.79 Å². The standard InChI is InChI=1S/C16H12O3/c1-2-10-19-13-8-9-14(15(17)11-13)16(18)12-6-4-3-5-7-12/h1,3-9,11,17H,10H2. The molecule has 2 aromatic rings. The van der Waals surface area contributed by atoms with E-state index < -0.39 is 0 Å². The van der Waals surface area contributed by atoms with Crippen molar-refractivity contribution in [1.82, 2.24) is 0 Å². The largest absolute Gasteiger partial charge is 0.507 e. The van der Waals surface area contributed by atoms with Gasteiger partial charge < -0.3 is 9.84 Å². The van der Waals surface area contributed by atoms with Gasteiger partial charge in [-0.2, -0.15) is 0 Å². The van der Waals surface area contributed by atoms with Gasteiger partial charge in [-0.15, -0.1) is 6.42 Å². The number of ether oxygens (including phenoxy) is 1. The van der Waals surface area contributed by atoms with Crippen LogP contribution in [0.15, 0.2) is 48.5 Å². The molecular formula is C16H12O3. The summed E-state index contributed by atoms with van der Waals surface area (Å²) in [7, 11) is 0. The van der Waals surface area contributed by atoms with Gasteiger partial charge in [0.1, 0.15) is 18.1 Å². The van der Waals surface area contributed by atoms with Crippen molar-refractivity contribution in [2.75, 3.05) is 6.61 Å². The SMILES string of the molecule is C#CCOc1ccc(C(=O)c2ccccc2)c(O)c1. The molecule has 0 atom stereocenters. The van der Waals surface area contributed by atoms with Crippen molar-refractivity contribution < 1.29 is 14.6 Å². The lowest BCUT2D eigenvalue weighted by atomic mass is 10.0. The van der Waals surface area contributed by atoms with E-state index in [1.54, 1.807) is 30.3 Å². The zero-order valence-electron chi connectivity index (χ0n) is 10.2. The zero-order valence-corrected chi connectivity index (χ0v) is 10.2. The van der Waals surface area contributed by atoms with Crippen LogP contribution in [0.3, 0.4) is 0 Å². The number of rotatable bonds is 4. The van der Waals surface area contributed by atoms with Crippen molar-refractivity contribution in [3.05, 3.63) is 59.7 Å². The number of carbonyl (C=O) groups is 1. The van der Waals surface area contributed by atoms with E-state index in [1.165, 1.54) is 12.1 Å². The first-order valence-corrected chi connectivity index (χ1v) is 5.71. The summed E-state index contributed by atoms with van der Waals surface area (Å²) in [5.74, 6) is 2.40. The topological polar surface area (TPSA) is 46.5 Å². The molecule has 0 fully saturated rings. The molecule has 3 nitrogen and oxygen atoms in total. The third-order valence-electron chi connectivity index (χ3n) is 2.57. The summed E-state index contributed by atoms with van der Waals surface area (Å²) in [6.45, 7) is 0.116. The van der Waals surface area contributed by atoms with Crippen LogP contribution in [-0.2, 0) is 0 Å². The summed E-state index contributed by atoms with van der Waals surface area (Å²) < 4.78 is 5.17. The number of carbonyl (C=O) groups excluding carboxylic acids is 1. The number of ketones is 1. The van der Waals surface area contributed by atoms with E-state index in [0.29, 0.717) is 11.3 Å². The molecule has 1 N–H and O–H groups in total. The first-order chi connectivity index (χ1) is 9.22. The molecule has 0 heterocycles. The van der Waals surface area contributed by atoms with Gasteiger partial charge in [0.15, 0.2) is 5.78 Å². The Morgan fingerprint density at radius 2 is 1.95 bits per heavy atom. The average Bonchev–Trinajstić information content (AvgIpc) is 2.45. The summed E-state index contributed by atoms with van der Waals surface area (Å²) >= 11 is 0. The molecule has 0 unspecified atom stereocenters. The van der Waals surface area contributed by atoms with Crippen LogP contribution in [0.25, 0.3) is 0 Å². The number of phenols is 1. The minimum atomic E-state index is -0.235. The van der Waals surface area contributed by atoms with E-state index in [9.17, 15) is 9.90 Å². The molecule has 2 rings (SSSR count). The first-order valence-electron chi connectivity index (χ1n) is 5.71. The molecule has 0 spiro atoms. The van der Waals surface area contributed by atoms with Crippen molar-refractivity contribution in [3.63, 3.8) is 0 Å². The lowest BCUT2D eigenvalue weighted by Gasteiger charge is -2.07. The van der Waals surface area contributed by atoms with Crippen LogP contribution in [0.1, 0.15) is 15.9 Å². The van der Waals surface area contributed by atoms with Gasteiger partial charge in [-0.05, 0) is 12.1 Å². The van der Waals surface area contributed by atoms with Gasteiger partial charge in [-0.25, -0.2) is 0 Å². The molecule has 0 aliphatic rings. The van der Waals surface area contributed by atoms with Crippen LogP contribution < -0.4 is 4.74 Å². The number of benzene rings is 2. The molecule has 0 saturated carbocycles. The summed E-state index contributed by atoms with van der Waals surface area (Å²) in [5, 5.41) is 9.87. The van der Waals surface area contributed by atoms with Crippen LogP contribution in [0, 0.1) is 12.3 Å². The van der Waals surface area contributed by atoms with Crippen LogP contribution in [0.5, 0.6) is 11.5 Å². The smallest absolute Gasteiger partial charge is 0.196 e. The Bertz CT molecular complexity index is 624. The van der Waals surface area contributed by atoms with Crippen molar-refractivity contribution >= 4 is 5.78 Å². The van der Waals surface area contributed by atoms with Crippen molar-refractivity contribution in [2.45, 2.75) is 0 Å². The minimum Gasteiger partial charge on any atom is -0.507 e. The van der Waals surface area contributed by atoms with Gasteiger partial charge in [0.25, 0.3) is 0 Å². The van der Waals surface area contributed by atoms with Crippen LogP contribution in [0.4, 0.5) is 0 Å². The average molecular weight is 252 g/mol. The quantitative estimate of drug-likeness (QED) is 0.672. The highest BCUT2D eigenvalue weighted by Crippen LogP contribution is 2.25. The van der Waals surface area contributed by atoms with Gasteiger partial charge in [0, 0.05) is 11.6 Å². The van der Waals surface area contributed by atoms with Crippen molar-refractivity contribution in [2.24, 2.45) is 0 Å². The third-order valence-corrected chi connectivity index (χ3v) is 2.57. The molecule has 0 aliphatic carbocycles. The molecule has 0 radical (unpaired) electrons. The molecule has 0 aromatic heterocycles. The Balaban J connectivity index is 2.27. The second-order valence-corrected chi connectivity index (χ2v) is 3.87. The number of aromatic hydroxyl groups is 1. The molecule has 94 valence electrons. The highest BCUT2D eigenvalue weighted by Gasteiger charge is 2.13. The number of phenolic OH excluding ortho intramolecular Hbond substituents is 1. The summed E-state index contributed by atoms with van der Waals surface area (Å²) in [5.41, 5.74) is 0.759. The Labute approximate surface area is 111 Å². The Morgan fingerprint density at radius 1 is 1.21 bits per heavy atom. The second kappa shape index (κ2) is 5.74. The van der Waals surface area contributed by atoms with E-state index in [0.717, 1.165) is 0 Å². The Kier molecular flexibility index (Phi) is 3.84. The summed E-state index contributed by atoms with van der Waals surface area (Å²) in [6, 6.07) is 13.3. The van der Waals surface area contributed by atoms with Crippen molar-refractivity contribution in [1.29, 1.82) is 0 Å². The third kappa shape index (κ3) is 2.93. The molecule has 3 heteroatoms. The fourth-order valence-corrected chi connectivity index (χ4v) is 1.66. The molecule has 2 aromatic carbocycles. The van der Waals surface area contributed by atoms with E-state index >= 15 is 0 Å². The fourth-order valence-electron chi connectivity index (χ4n) is 1.66.